The predicted molar refractivity (Wildman–Crippen MR) is 123 cm³/mol. The van der Waals surface area contributed by atoms with Crippen molar-refractivity contribution < 1.29 is 29.0 Å². The van der Waals surface area contributed by atoms with Crippen molar-refractivity contribution in [3.8, 4) is 5.75 Å². The number of para-hydroxylation sites is 1. The van der Waals surface area contributed by atoms with Gasteiger partial charge in [-0.15, -0.1) is 0 Å². The number of hydrogen-bond acceptors (Lipinski definition) is 7. The van der Waals surface area contributed by atoms with Crippen molar-refractivity contribution in [1.29, 1.82) is 0 Å². The molecule has 3 aliphatic rings. The number of anilines is 1. The molecule has 8 heteroatoms. The molecule has 0 spiro atoms. The molecule has 5 rings (SSSR count). The molecular formula is C26H28N2O6. The average Bonchev–Trinajstić information content (AvgIpc) is 3.30. The van der Waals surface area contributed by atoms with Gasteiger partial charge in [-0.1, -0.05) is 30.3 Å². The largest absolute Gasteiger partial charge is 0.497 e. The number of methoxy groups -OCH3 is 1. The van der Waals surface area contributed by atoms with Crippen LogP contribution in [0.15, 0.2) is 54.6 Å². The standard InChI is InChI=1S/C26H28N2O6/c1-3-34-25(32)26-15-18(29)13-14-27(26)22(16-9-11-19(33-2)12-10-16)20-21(26)24(31)28(23(20)30)17-7-5-4-6-8-17/h4-12,18,20-22,29H,3,13-15H2,1-2H3/t18-,20-,21-,22-,26-/m1/s1. The SMILES string of the molecule is CCOC(=O)[C@]12C[C@H](O)CCN1[C@H](c1ccc(OC)cc1)[C@@H]1C(=O)N(c3ccccc3)C(=O)[C@@H]12. The Morgan fingerprint density at radius 2 is 1.79 bits per heavy atom. The zero-order valence-corrected chi connectivity index (χ0v) is 19.2. The third-order valence-corrected chi connectivity index (χ3v) is 7.40. The molecule has 2 aromatic carbocycles. The summed E-state index contributed by atoms with van der Waals surface area (Å²) in [6.45, 7) is 2.22. The van der Waals surface area contributed by atoms with E-state index in [2.05, 4.69) is 0 Å². The number of esters is 1. The van der Waals surface area contributed by atoms with Gasteiger partial charge in [0.1, 0.15) is 11.3 Å². The number of nitrogens with zero attached hydrogens (tertiary/aromatic N) is 2. The van der Waals surface area contributed by atoms with Gasteiger partial charge in [0.2, 0.25) is 11.8 Å². The fraction of sp³-hybridized carbons (Fsp3) is 0.423. The van der Waals surface area contributed by atoms with Crippen molar-refractivity contribution in [2.24, 2.45) is 11.8 Å². The molecule has 178 valence electrons. The number of ether oxygens (including phenoxy) is 2. The van der Waals surface area contributed by atoms with Gasteiger partial charge in [-0.25, -0.2) is 4.90 Å². The van der Waals surface area contributed by atoms with Crippen LogP contribution in [0, 0.1) is 11.8 Å². The number of aliphatic hydroxyl groups excluding tert-OH is 1. The van der Waals surface area contributed by atoms with Crippen LogP contribution in [0.2, 0.25) is 0 Å². The molecular weight excluding hydrogens is 436 g/mol. The topological polar surface area (TPSA) is 96.4 Å². The normalized spacial score (nSPS) is 30.7. The summed E-state index contributed by atoms with van der Waals surface area (Å²) in [6, 6.07) is 15.6. The van der Waals surface area contributed by atoms with E-state index in [1.165, 1.54) is 4.90 Å². The highest BCUT2D eigenvalue weighted by molar-refractivity contribution is 6.24. The molecule has 3 fully saturated rings. The van der Waals surface area contributed by atoms with Gasteiger partial charge in [0.05, 0.1) is 37.3 Å². The maximum Gasteiger partial charge on any atom is 0.327 e. The number of piperidine rings is 1. The van der Waals surface area contributed by atoms with Gasteiger partial charge in [-0.05, 0) is 43.2 Å². The molecule has 3 aliphatic heterocycles. The number of carbonyl (C=O) groups is 3. The Labute approximate surface area is 198 Å². The molecule has 0 saturated carbocycles. The molecule has 0 bridgehead atoms. The van der Waals surface area contributed by atoms with Crippen LogP contribution >= 0.6 is 0 Å². The minimum absolute atomic E-state index is 0.0430. The Morgan fingerprint density at radius 3 is 2.44 bits per heavy atom. The van der Waals surface area contributed by atoms with Gasteiger partial charge in [-0.3, -0.25) is 19.3 Å². The van der Waals surface area contributed by atoms with Crippen LogP contribution in [0.25, 0.3) is 0 Å². The van der Waals surface area contributed by atoms with Gasteiger partial charge in [0, 0.05) is 19.0 Å². The molecule has 3 heterocycles. The van der Waals surface area contributed by atoms with Gasteiger partial charge in [-0.2, -0.15) is 0 Å². The Kier molecular flexibility index (Phi) is 5.65. The van der Waals surface area contributed by atoms with E-state index in [0.717, 1.165) is 5.56 Å². The second kappa shape index (κ2) is 8.52. The Morgan fingerprint density at radius 1 is 1.09 bits per heavy atom. The number of hydrogen-bond donors (Lipinski definition) is 1. The molecule has 1 N–H and O–H groups in total. The number of fused-ring (bicyclic) bond motifs is 3. The maximum absolute atomic E-state index is 13.9. The van der Waals surface area contributed by atoms with Crippen molar-refractivity contribution in [2.45, 2.75) is 37.5 Å². The van der Waals surface area contributed by atoms with Crippen LogP contribution in [0.5, 0.6) is 5.75 Å². The zero-order chi connectivity index (χ0) is 24.0. The Balaban J connectivity index is 1.69. The van der Waals surface area contributed by atoms with Crippen LogP contribution < -0.4 is 9.64 Å². The molecule has 34 heavy (non-hydrogen) atoms. The average molecular weight is 465 g/mol. The predicted octanol–water partition coefficient (Wildman–Crippen LogP) is 2.31. The molecule has 0 aromatic heterocycles. The molecule has 2 aromatic rings. The third-order valence-electron chi connectivity index (χ3n) is 7.40. The van der Waals surface area contributed by atoms with E-state index < -0.39 is 41.4 Å². The van der Waals surface area contributed by atoms with E-state index >= 15 is 0 Å². The first-order valence-electron chi connectivity index (χ1n) is 11.6. The van der Waals surface area contributed by atoms with Crippen LogP contribution in [-0.2, 0) is 19.1 Å². The molecule has 8 nitrogen and oxygen atoms in total. The van der Waals surface area contributed by atoms with Gasteiger partial charge in [0.25, 0.3) is 0 Å². The van der Waals surface area contributed by atoms with Gasteiger partial charge >= 0.3 is 5.97 Å². The van der Waals surface area contributed by atoms with Crippen LogP contribution in [0.4, 0.5) is 5.69 Å². The lowest BCUT2D eigenvalue weighted by atomic mass is 9.74. The molecule has 2 amide bonds. The number of imide groups is 1. The third kappa shape index (κ3) is 3.16. The quantitative estimate of drug-likeness (QED) is 0.536. The number of benzene rings is 2. The smallest absolute Gasteiger partial charge is 0.327 e. The van der Waals surface area contributed by atoms with Crippen molar-refractivity contribution in [2.75, 3.05) is 25.2 Å². The molecule has 3 saturated heterocycles. The fourth-order valence-electron chi connectivity index (χ4n) is 6.07. The number of amides is 2. The van der Waals surface area contributed by atoms with E-state index in [1.807, 2.05) is 35.2 Å². The first kappa shape index (κ1) is 22.6. The second-order valence-corrected chi connectivity index (χ2v) is 9.05. The van der Waals surface area contributed by atoms with Crippen molar-refractivity contribution in [3.05, 3.63) is 60.2 Å². The van der Waals surface area contributed by atoms with E-state index in [4.69, 9.17) is 9.47 Å². The zero-order valence-electron chi connectivity index (χ0n) is 19.2. The highest BCUT2D eigenvalue weighted by Crippen LogP contribution is 2.59. The summed E-state index contributed by atoms with van der Waals surface area (Å²) in [5.41, 5.74) is -0.129. The van der Waals surface area contributed by atoms with Crippen LogP contribution in [0.3, 0.4) is 0 Å². The van der Waals surface area contributed by atoms with Gasteiger partial charge < -0.3 is 14.6 Å². The lowest BCUT2D eigenvalue weighted by Gasteiger charge is -2.46. The number of carbonyl (C=O) groups excluding carboxylic acids is 3. The summed E-state index contributed by atoms with van der Waals surface area (Å²) < 4.78 is 10.8. The van der Waals surface area contributed by atoms with Gasteiger partial charge in [0.15, 0.2) is 0 Å². The molecule has 0 radical (unpaired) electrons. The fourth-order valence-corrected chi connectivity index (χ4v) is 6.07. The Hall–Kier alpha value is -3.23. The summed E-state index contributed by atoms with van der Waals surface area (Å²) in [5, 5.41) is 10.7. The summed E-state index contributed by atoms with van der Waals surface area (Å²) in [5.74, 6) is -2.39. The number of rotatable bonds is 5. The van der Waals surface area contributed by atoms with E-state index in [0.29, 0.717) is 24.4 Å². The minimum Gasteiger partial charge on any atom is -0.497 e. The van der Waals surface area contributed by atoms with Crippen molar-refractivity contribution in [3.63, 3.8) is 0 Å². The van der Waals surface area contributed by atoms with Crippen LogP contribution in [0.1, 0.15) is 31.4 Å². The van der Waals surface area contributed by atoms with Crippen molar-refractivity contribution >= 4 is 23.5 Å². The second-order valence-electron chi connectivity index (χ2n) is 9.05. The molecule has 5 atom stereocenters. The number of aliphatic hydroxyl groups is 1. The van der Waals surface area contributed by atoms with Crippen LogP contribution in [-0.4, -0.2) is 59.7 Å². The lowest BCUT2D eigenvalue weighted by Crippen LogP contribution is -2.62. The summed E-state index contributed by atoms with van der Waals surface area (Å²) in [6.07, 6.45) is -0.288. The highest BCUT2D eigenvalue weighted by atomic mass is 16.5. The summed E-state index contributed by atoms with van der Waals surface area (Å²) in [7, 11) is 1.58. The first-order chi connectivity index (χ1) is 16.4. The lowest BCUT2D eigenvalue weighted by molar-refractivity contribution is -0.168. The first-order valence-corrected chi connectivity index (χ1v) is 11.6. The monoisotopic (exact) mass is 464 g/mol. The minimum atomic E-state index is -1.42. The molecule has 0 aliphatic carbocycles. The van der Waals surface area contributed by atoms with E-state index in [9.17, 15) is 19.5 Å². The highest BCUT2D eigenvalue weighted by Gasteiger charge is 2.73. The van der Waals surface area contributed by atoms with E-state index in [1.54, 1.807) is 38.3 Å². The van der Waals surface area contributed by atoms with Crippen molar-refractivity contribution in [1.82, 2.24) is 4.90 Å². The summed E-state index contributed by atoms with van der Waals surface area (Å²) in [4.78, 5) is 44.5. The molecule has 0 unspecified atom stereocenters. The maximum atomic E-state index is 13.9. The Bertz CT molecular complexity index is 1100. The van der Waals surface area contributed by atoms with E-state index in [-0.39, 0.29) is 18.9 Å². The summed E-state index contributed by atoms with van der Waals surface area (Å²) >= 11 is 0.